The molecule has 0 aliphatic heterocycles. The van der Waals surface area contributed by atoms with E-state index < -0.39 is 0 Å². The molecule has 2 aromatic carbocycles. The van der Waals surface area contributed by atoms with Crippen LogP contribution in [0.2, 0.25) is 0 Å². The van der Waals surface area contributed by atoms with Crippen molar-refractivity contribution >= 4 is 17.5 Å². The van der Waals surface area contributed by atoms with Crippen molar-refractivity contribution in [1.29, 1.82) is 0 Å². The quantitative estimate of drug-likeness (QED) is 0.869. The lowest BCUT2D eigenvalue weighted by molar-refractivity contribution is -0.116. The van der Waals surface area contributed by atoms with Gasteiger partial charge in [-0.1, -0.05) is 26.0 Å². The van der Waals surface area contributed by atoms with E-state index in [4.69, 9.17) is 0 Å². The van der Waals surface area contributed by atoms with Crippen molar-refractivity contribution in [1.82, 2.24) is 4.90 Å². The second kappa shape index (κ2) is 8.42. The Morgan fingerprint density at radius 3 is 2.20 bits per heavy atom. The van der Waals surface area contributed by atoms with Gasteiger partial charge in [-0.25, -0.2) is 4.39 Å². The van der Waals surface area contributed by atoms with E-state index in [1.165, 1.54) is 34.7 Å². The summed E-state index contributed by atoms with van der Waals surface area (Å²) in [7, 11) is 1.58. The number of halogens is 1. The monoisotopic (exact) mass is 342 g/mol. The molecule has 4 nitrogen and oxygen atoms in total. The summed E-state index contributed by atoms with van der Waals surface area (Å²) in [5.74, 6) is -0.366. The van der Waals surface area contributed by atoms with E-state index in [-0.39, 0.29) is 24.2 Å². The number of benzene rings is 2. The second-order valence-corrected chi connectivity index (χ2v) is 6.51. The maximum Gasteiger partial charge on any atom is 0.254 e. The number of hydrogen-bond acceptors (Lipinski definition) is 2. The van der Waals surface area contributed by atoms with Crippen molar-refractivity contribution in [3.05, 3.63) is 65.5 Å². The Labute approximate surface area is 147 Å². The molecule has 0 saturated carbocycles. The topological polar surface area (TPSA) is 49.4 Å². The molecule has 0 aliphatic rings. The van der Waals surface area contributed by atoms with Crippen molar-refractivity contribution < 1.29 is 14.0 Å². The summed E-state index contributed by atoms with van der Waals surface area (Å²) < 4.78 is 12.9. The van der Waals surface area contributed by atoms with Crippen molar-refractivity contribution in [2.45, 2.75) is 20.3 Å². The van der Waals surface area contributed by atoms with E-state index >= 15 is 0 Å². The van der Waals surface area contributed by atoms with Crippen molar-refractivity contribution in [2.24, 2.45) is 5.92 Å². The zero-order valence-corrected chi connectivity index (χ0v) is 14.8. The van der Waals surface area contributed by atoms with Crippen molar-refractivity contribution in [3.8, 4) is 0 Å². The molecule has 5 heteroatoms. The lowest BCUT2D eigenvalue weighted by Gasteiger charge is -2.17. The summed E-state index contributed by atoms with van der Waals surface area (Å²) >= 11 is 0. The number of nitrogens with one attached hydrogen (secondary N) is 1. The van der Waals surface area contributed by atoms with Crippen LogP contribution in [0.25, 0.3) is 0 Å². The minimum atomic E-state index is -0.369. The van der Waals surface area contributed by atoms with Gasteiger partial charge in [-0.2, -0.15) is 0 Å². The lowest BCUT2D eigenvalue weighted by Crippen LogP contribution is -2.34. The molecular formula is C20H23FN2O2. The molecule has 0 aliphatic carbocycles. The highest BCUT2D eigenvalue weighted by Crippen LogP contribution is 2.12. The van der Waals surface area contributed by atoms with Crippen LogP contribution in [0, 0.1) is 11.7 Å². The Hall–Kier alpha value is -2.69. The fourth-order valence-electron chi connectivity index (χ4n) is 2.50. The molecule has 0 saturated heterocycles. The molecule has 0 unspecified atom stereocenters. The molecule has 132 valence electrons. The number of anilines is 1. The standard InChI is InChI=1S/C20H23FN2O2/c1-14(2)12-15-4-6-16(7-5-15)20(25)23(3)13-19(24)22-18-10-8-17(21)9-11-18/h4-11,14H,12-13H2,1-3H3,(H,22,24). The molecule has 25 heavy (non-hydrogen) atoms. The van der Waals surface area contributed by atoms with E-state index in [2.05, 4.69) is 19.2 Å². The Morgan fingerprint density at radius 1 is 1.04 bits per heavy atom. The molecular weight excluding hydrogens is 319 g/mol. The summed E-state index contributed by atoms with van der Waals surface area (Å²) in [4.78, 5) is 25.8. The third-order valence-corrected chi connectivity index (χ3v) is 3.70. The van der Waals surface area contributed by atoms with E-state index in [9.17, 15) is 14.0 Å². The summed E-state index contributed by atoms with van der Waals surface area (Å²) in [5.41, 5.74) is 2.22. The third-order valence-electron chi connectivity index (χ3n) is 3.70. The molecule has 0 atom stereocenters. The Morgan fingerprint density at radius 2 is 1.64 bits per heavy atom. The number of amides is 2. The van der Waals surface area contributed by atoms with E-state index in [0.29, 0.717) is 17.2 Å². The number of carbonyl (C=O) groups is 2. The van der Waals surface area contributed by atoms with Crippen LogP contribution in [-0.4, -0.2) is 30.3 Å². The average Bonchev–Trinajstić information content (AvgIpc) is 2.56. The molecule has 2 aromatic rings. The van der Waals surface area contributed by atoms with E-state index in [1.807, 2.05) is 12.1 Å². The Balaban J connectivity index is 1.92. The maximum atomic E-state index is 12.9. The number of hydrogen-bond donors (Lipinski definition) is 1. The summed E-state index contributed by atoms with van der Waals surface area (Å²) in [6.45, 7) is 4.21. The number of rotatable bonds is 6. The predicted molar refractivity (Wildman–Crippen MR) is 97.0 cm³/mol. The Bertz CT molecular complexity index is 724. The van der Waals surface area contributed by atoms with Crippen LogP contribution < -0.4 is 5.32 Å². The molecule has 0 bridgehead atoms. The van der Waals surface area contributed by atoms with Gasteiger partial charge in [0.05, 0.1) is 6.54 Å². The Kier molecular flexibility index (Phi) is 6.28. The van der Waals surface area contributed by atoms with Gasteiger partial charge in [0, 0.05) is 18.3 Å². The van der Waals surface area contributed by atoms with Crippen LogP contribution in [0.5, 0.6) is 0 Å². The summed E-state index contributed by atoms with van der Waals surface area (Å²) in [6, 6.07) is 12.9. The molecule has 0 radical (unpaired) electrons. The van der Waals surface area contributed by atoms with Gasteiger partial charge in [0.25, 0.3) is 5.91 Å². The van der Waals surface area contributed by atoms with Gasteiger partial charge in [-0.05, 0) is 54.3 Å². The fourth-order valence-corrected chi connectivity index (χ4v) is 2.50. The maximum absolute atomic E-state index is 12.9. The molecule has 2 amide bonds. The van der Waals surface area contributed by atoms with Gasteiger partial charge in [0.15, 0.2) is 0 Å². The van der Waals surface area contributed by atoms with Gasteiger partial charge in [0.2, 0.25) is 5.91 Å². The van der Waals surface area contributed by atoms with Crippen LogP contribution in [0.1, 0.15) is 29.8 Å². The first-order valence-electron chi connectivity index (χ1n) is 8.25. The van der Waals surface area contributed by atoms with Crippen LogP contribution in [0.3, 0.4) is 0 Å². The van der Waals surface area contributed by atoms with Crippen LogP contribution in [0.4, 0.5) is 10.1 Å². The molecule has 0 heterocycles. The average molecular weight is 342 g/mol. The number of nitrogens with zero attached hydrogens (tertiary/aromatic N) is 1. The molecule has 1 N–H and O–H groups in total. The summed E-state index contributed by atoms with van der Waals surface area (Å²) in [6.07, 6.45) is 0.963. The zero-order chi connectivity index (χ0) is 18.4. The highest BCUT2D eigenvalue weighted by Gasteiger charge is 2.15. The normalized spacial score (nSPS) is 10.6. The molecule has 0 fully saturated rings. The second-order valence-electron chi connectivity index (χ2n) is 6.51. The van der Waals surface area contributed by atoms with Gasteiger partial charge in [-0.3, -0.25) is 9.59 Å². The van der Waals surface area contributed by atoms with Gasteiger partial charge in [0.1, 0.15) is 5.82 Å². The SMILES string of the molecule is CC(C)Cc1ccc(C(=O)N(C)CC(=O)Nc2ccc(F)cc2)cc1. The van der Waals surface area contributed by atoms with E-state index in [0.717, 1.165) is 6.42 Å². The van der Waals surface area contributed by atoms with Crippen molar-refractivity contribution in [3.63, 3.8) is 0 Å². The highest BCUT2D eigenvalue weighted by atomic mass is 19.1. The first kappa shape index (κ1) is 18.6. The largest absolute Gasteiger partial charge is 0.332 e. The molecule has 0 spiro atoms. The predicted octanol–water partition coefficient (Wildman–Crippen LogP) is 3.73. The minimum Gasteiger partial charge on any atom is -0.332 e. The van der Waals surface area contributed by atoms with E-state index in [1.54, 1.807) is 19.2 Å². The lowest BCUT2D eigenvalue weighted by atomic mass is 10.0. The van der Waals surface area contributed by atoms with Crippen LogP contribution in [0.15, 0.2) is 48.5 Å². The third kappa shape index (κ3) is 5.71. The smallest absolute Gasteiger partial charge is 0.254 e. The van der Waals surface area contributed by atoms with Crippen LogP contribution in [-0.2, 0) is 11.2 Å². The number of likely N-dealkylation sites (N-methyl/N-ethyl adjacent to an activating group) is 1. The number of carbonyl (C=O) groups excluding carboxylic acids is 2. The van der Waals surface area contributed by atoms with Crippen molar-refractivity contribution in [2.75, 3.05) is 18.9 Å². The molecule has 0 aromatic heterocycles. The zero-order valence-electron chi connectivity index (χ0n) is 14.8. The highest BCUT2D eigenvalue weighted by molar-refractivity contribution is 5.99. The van der Waals surface area contributed by atoms with Gasteiger partial charge >= 0.3 is 0 Å². The van der Waals surface area contributed by atoms with Gasteiger partial charge < -0.3 is 10.2 Å². The van der Waals surface area contributed by atoms with Gasteiger partial charge in [-0.15, -0.1) is 0 Å². The summed E-state index contributed by atoms with van der Waals surface area (Å²) in [5, 5.41) is 2.64. The molecule has 2 rings (SSSR count). The first-order chi connectivity index (χ1) is 11.8. The minimum absolute atomic E-state index is 0.0794. The fraction of sp³-hybridized carbons (Fsp3) is 0.300. The first-order valence-corrected chi connectivity index (χ1v) is 8.25. The van der Waals surface area contributed by atoms with Crippen LogP contribution >= 0.6 is 0 Å².